The first-order chi connectivity index (χ1) is 13.3. The molecule has 0 aromatic rings. The van der Waals surface area contributed by atoms with Gasteiger partial charge in [0.25, 0.3) is 0 Å². The monoisotopic (exact) mass is 412 g/mol. The van der Waals surface area contributed by atoms with Gasteiger partial charge in [-0.2, -0.15) is 0 Å². The smallest absolute Gasteiger partial charge is 0.306 e. The Kier molecular flexibility index (Phi) is 9.39. The van der Waals surface area contributed by atoms with E-state index in [-0.39, 0.29) is 50.3 Å². The van der Waals surface area contributed by atoms with Crippen molar-refractivity contribution in [1.82, 2.24) is 10.8 Å². The Morgan fingerprint density at radius 1 is 1.07 bits per heavy atom. The van der Waals surface area contributed by atoms with Crippen LogP contribution in [0.25, 0.3) is 0 Å². The predicted molar refractivity (Wildman–Crippen MR) is 84.9 cm³/mol. The molecule has 0 bridgehead atoms. The Hall–Kier alpha value is -0.970. The van der Waals surface area contributed by atoms with Gasteiger partial charge in [-0.05, 0) is 26.7 Å². The molecule has 0 aromatic heterocycles. The second-order valence-corrected chi connectivity index (χ2v) is 6.77. The molecule has 2 aliphatic heterocycles. The molecule has 5 atom stereocenters. The lowest BCUT2D eigenvalue weighted by molar-refractivity contribution is -0.527. The Morgan fingerprint density at radius 3 is 2.32 bits per heavy atom. The van der Waals surface area contributed by atoms with Crippen LogP contribution in [0.5, 0.6) is 0 Å². The molecule has 164 valence electrons. The number of fused-ring (bicyclic) bond motifs is 1. The van der Waals surface area contributed by atoms with E-state index in [1.807, 2.05) is 13.8 Å². The highest BCUT2D eigenvalue weighted by Crippen LogP contribution is 2.31. The van der Waals surface area contributed by atoms with E-state index in [9.17, 15) is 4.79 Å². The van der Waals surface area contributed by atoms with E-state index in [0.29, 0.717) is 6.61 Å². The van der Waals surface area contributed by atoms with Crippen LogP contribution in [-0.2, 0) is 33.4 Å². The first-order valence-electron chi connectivity index (χ1n) is 8.99. The van der Waals surface area contributed by atoms with Gasteiger partial charge in [-0.15, -0.1) is 0 Å². The molecule has 2 aliphatic rings. The minimum absolute atomic E-state index is 0.0263. The fraction of sp³-hybridized carbons (Fsp3) is 0.933. The van der Waals surface area contributed by atoms with Gasteiger partial charge in [-0.1, -0.05) is 0 Å². The zero-order chi connectivity index (χ0) is 20.7. The van der Waals surface area contributed by atoms with Gasteiger partial charge in [0.1, 0.15) is 31.0 Å². The van der Waals surface area contributed by atoms with E-state index in [1.165, 1.54) is 0 Å². The summed E-state index contributed by atoms with van der Waals surface area (Å²) in [5.41, 5.74) is 0. The number of hydrogen-bond acceptors (Lipinski definition) is 13. The lowest BCUT2D eigenvalue weighted by atomic mass is 10.1. The molecule has 4 N–H and O–H groups in total. The normalized spacial score (nSPS) is 28.3. The fourth-order valence-corrected chi connectivity index (χ4v) is 3.15. The number of nitrogens with zero attached hydrogens (tertiary/aromatic N) is 2. The van der Waals surface area contributed by atoms with Crippen LogP contribution < -0.4 is 0 Å². The molecule has 0 unspecified atom stereocenters. The molecule has 2 rings (SSSR count). The Morgan fingerprint density at radius 2 is 1.71 bits per heavy atom. The van der Waals surface area contributed by atoms with Gasteiger partial charge in [-0.3, -0.25) is 25.6 Å². The van der Waals surface area contributed by atoms with Crippen molar-refractivity contribution in [2.75, 3.05) is 19.8 Å². The molecule has 2 fully saturated rings. The van der Waals surface area contributed by atoms with Crippen LogP contribution >= 0.6 is 0 Å². The maximum Gasteiger partial charge on any atom is 0.306 e. The molecular weight excluding hydrogens is 384 g/mol. The third-order valence-corrected chi connectivity index (χ3v) is 4.22. The van der Waals surface area contributed by atoms with Crippen molar-refractivity contribution in [3.8, 4) is 0 Å². The van der Waals surface area contributed by atoms with Crippen LogP contribution in [0, 0.1) is 0 Å². The van der Waals surface area contributed by atoms with E-state index in [4.69, 9.17) is 39.8 Å². The highest BCUT2D eigenvalue weighted by molar-refractivity contribution is 5.69. The van der Waals surface area contributed by atoms with E-state index in [2.05, 4.69) is 9.68 Å². The summed E-state index contributed by atoms with van der Waals surface area (Å²) in [7, 11) is 0. The van der Waals surface area contributed by atoms with Crippen LogP contribution in [0.4, 0.5) is 0 Å². The largest absolute Gasteiger partial charge is 0.457 e. The summed E-state index contributed by atoms with van der Waals surface area (Å²) in [6.07, 6.45) is -1.82. The van der Waals surface area contributed by atoms with Crippen molar-refractivity contribution < 1.29 is 54.2 Å². The Balaban J connectivity index is 1.70. The maximum atomic E-state index is 12.1. The topological polar surface area (TPSA) is 160 Å². The quantitative estimate of drug-likeness (QED) is 0.252. The second kappa shape index (κ2) is 11.3. The van der Waals surface area contributed by atoms with Gasteiger partial charge in [0.15, 0.2) is 6.10 Å². The molecule has 0 radical (unpaired) electrons. The molecule has 2 saturated heterocycles. The minimum Gasteiger partial charge on any atom is -0.457 e. The zero-order valence-electron chi connectivity index (χ0n) is 15.7. The molecule has 0 amide bonds. The maximum absolute atomic E-state index is 12.1. The standard InChI is InChI=1S/C15H28N2O11/c1-9(2)26-11-7-23-15-12(8-24-14(11)15)27-13(18)5-3-4-10(28-17(21)22)6-25-16(19)20/h9-12,14-15,19-22H,3-8H2,1-2H3/t10-,11+,12+,14+,15+/m0/s1. The van der Waals surface area contributed by atoms with Crippen molar-refractivity contribution in [3.05, 3.63) is 0 Å². The van der Waals surface area contributed by atoms with E-state index >= 15 is 0 Å². The van der Waals surface area contributed by atoms with Crippen LogP contribution in [0.15, 0.2) is 0 Å². The van der Waals surface area contributed by atoms with E-state index < -0.39 is 35.6 Å². The van der Waals surface area contributed by atoms with Crippen molar-refractivity contribution >= 4 is 5.97 Å². The molecular formula is C15H28N2O11. The molecule has 28 heavy (non-hydrogen) atoms. The van der Waals surface area contributed by atoms with Crippen molar-refractivity contribution in [2.45, 2.75) is 69.7 Å². The molecule has 0 aliphatic carbocycles. The summed E-state index contributed by atoms with van der Waals surface area (Å²) < 4.78 is 22.5. The predicted octanol–water partition coefficient (Wildman–Crippen LogP) is 0.0523. The fourth-order valence-electron chi connectivity index (χ4n) is 3.15. The molecule has 13 heteroatoms. The number of carbonyl (C=O) groups is 1. The van der Waals surface area contributed by atoms with Crippen molar-refractivity contribution in [2.24, 2.45) is 0 Å². The van der Waals surface area contributed by atoms with Gasteiger partial charge >= 0.3 is 5.97 Å². The van der Waals surface area contributed by atoms with Gasteiger partial charge < -0.3 is 18.9 Å². The Bertz CT molecular complexity index is 479. The number of esters is 1. The van der Waals surface area contributed by atoms with Gasteiger partial charge in [0.05, 0.1) is 30.1 Å². The molecule has 2 heterocycles. The summed E-state index contributed by atoms with van der Waals surface area (Å²) >= 11 is 0. The Labute approximate surface area is 161 Å². The summed E-state index contributed by atoms with van der Waals surface area (Å²) in [5, 5.41) is 33.4. The lowest BCUT2D eigenvalue weighted by Gasteiger charge is -2.20. The van der Waals surface area contributed by atoms with Gasteiger partial charge in [0, 0.05) is 6.42 Å². The summed E-state index contributed by atoms with van der Waals surface area (Å²) in [4.78, 5) is 21.0. The van der Waals surface area contributed by atoms with Crippen LogP contribution in [-0.4, -0.2) is 94.0 Å². The SMILES string of the molecule is CC(C)O[C@@H]1CO[C@H]2[C@@H]1OC[C@H]2OC(=O)CCC[C@@H](CON(O)O)ON(O)O. The van der Waals surface area contributed by atoms with Crippen LogP contribution in [0.1, 0.15) is 33.1 Å². The van der Waals surface area contributed by atoms with Crippen molar-refractivity contribution in [3.63, 3.8) is 0 Å². The summed E-state index contributed by atoms with van der Waals surface area (Å²) in [6.45, 7) is 4.06. The molecule has 0 aromatic carbocycles. The number of rotatable bonds is 12. The minimum atomic E-state index is -0.948. The first kappa shape index (κ1) is 23.3. The van der Waals surface area contributed by atoms with E-state index in [0.717, 1.165) is 0 Å². The average Bonchev–Trinajstić information content (AvgIpc) is 3.15. The van der Waals surface area contributed by atoms with Crippen LogP contribution in [0.2, 0.25) is 0 Å². The molecule has 13 nitrogen and oxygen atoms in total. The third kappa shape index (κ3) is 7.46. The molecule has 0 spiro atoms. The lowest BCUT2D eigenvalue weighted by Crippen LogP contribution is -2.36. The van der Waals surface area contributed by atoms with Gasteiger partial charge in [0.2, 0.25) is 0 Å². The number of ether oxygens (including phenoxy) is 4. The van der Waals surface area contributed by atoms with Gasteiger partial charge in [-0.25, -0.2) is 9.68 Å². The third-order valence-electron chi connectivity index (χ3n) is 4.22. The molecule has 0 saturated carbocycles. The highest BCUT2D eigenvalue weighted by Gasteiger charge is 2.50. The summed E-state index contributed by atoms with van der Waals surface area (Å²) in [6, 6.07) is 0. The summed E-state index contributed by atoms with van der Waals surface area (Å²) in [5.74, 6) is -0.471. The van der Waals surface area contributed by atoms with Crippen LogP contribution in [0.3, 0.4) is 0 Å². The van der Waals surface area contributed by atoms with Crippen molar-refractivity contribution in [1.29, 1.82) is 0 Å². The second-order valence-electron chi connectivity index (χ2n) is 6.77. The first-order valence-corrected chi connectivity index (χ1v) is 8.99. The number of carbonyl (C=O) groups excluding carboxylic acids is 1. The average molecular weight is 412 g/mol. The van der Waals surface area contributed by atoms with E-state index in [1.54, 1.807) is 0 Å². The zero-order valence-corrected chi connectivity index (χ0v) is 15.7. The number of hydrogen-bond donors (Lipinski definition) is 4. The highest BCUT2D eigenvalue weighted by atomic mass is 17.1.